The molecule has 1 heterocycles. The van der Waals surface area contributed by atoms with Gasteiger partial charge in [0.25, 0.3) is 11.8 Å². The smallest absolute Gasteiger partial charge is 0.325 e. The van der Waals surface area contributed by atoms with Crippen LogP contribution in [-0.4, -0.2) is 37.7 Å². The second kappa shape index (κ2) is 10.2. The number of benzene rings is 3. The third-order valence-corrected chi connectivity index (χ3v) is 4.49. The first-order valence-electron chi connectivity index (χ1n) is 10.0. The number of esters is 1. The minimum Gasteiger partial charge on any atom is -0.457 e. The van der Waals surface area contributed by atoms with Crippen molar-refractivity contribution >= 4 is 23.5 Å². The number of carbonyl (C=O) groups is 3. The van der Waals surface area contributed by atoms with E-state index in [2.05, 4.69) is 10.6 Å². The van der Waals surface area contributed by atoms with Crippen LogP contribution in [0.5, 0.6) is 23.0 Å². The Bertz CT molecular complexity index is 1160. The van der Waals surface area contributed by atoms with E-state index in [9.17, 15) is 14.4 Å². The number of ether oxygens (including phenoxy) is 4. The molecule has 2 N–H and O–H groups in total. The highest BCUT2D eigenvalue weighted by Gasteiger charge is 2.17. The Morgan fingerprint density at radius 3 is 2.48 bits per heavy atom. The highest BCUT2D eigenvalue weighted by atomic mass is 16.7. The van der Waals surface area contributed by atoms with E-state index in [1.54, 1.807) is 36.4 Å². The van der Waals surface area contributed by atoms with Gasteiger partial charge < -0.3 is 29.6 Å². The lowest BCUT2D eigenvalue weighted by molar-refractivity contribution is -0.146. The second-order valence-corrected chi connectivity index (χ2v) is 6.90. The summed E-state index contributed by atoms with van der Waals surface area (Å²) in [5.74, 6) is 0.460. The van der Waals surface area contributed by atoms with Crippen LogP contribution in [-0.2, 0) is 14.3 Å². The zero-order chi connectivity index (χ0) is 23.0. The van der Waals surface area contributed by atoms with Crippen LogP contribution in [0.2, 0.25) is 0 Å². The predicted molar refractivity (Wildman–Crippen MR) is 117 cm³/mol. The van der Waals surface area contributed by atoms with E-state index < -0.39 is 24.4 Å². The van der Waals surface area contributed by atoms with Gasteiger partial charge in [-0.25, -0.2) is 0 Å². The van der Waals surface area contributed by atoms with Gasteiger partial charge in [-0.3, -0.25) is 14.4 Å². The van der Waals surface area contributed by atoms with Crippen LogP contribution >= 0.6 is 0 Å². The molecule has 0 saturated heterocycles. The molecule has 1 aliphatic heterocycles. The summed E-state index contributed by atoms with van der Waals surface area (Å²) in [5.41, 5.74) is 0.794. The molecule has 0 fully saturated rings. The van der Waals surface area contributed by atoms with Gasteiger partial charge in [-0.2, -0.15) is 0 Å². The molecule has 2 amide bonds. The number of fused-ring (bicyclic) bond motifs is 1. The van der Waals surface area contributed by atoms with E-state index in [1.165, 1.54) is 6.07 Å². The highest BCUT2D eigenvalue weighted by Crippen LogP contribution is 2.32. The van der Waals surface area contributed by atoms with Crippen LogP contribution in [0.15, 0.2) is 72.8 Å². The normalized spacial score (nSPS) is 11.4. The summed E-state index contributed by atoms with van der Waals surface area (Å²) in [4.78, 5) is 36.2. The standard InChI is InChI=1S/C24H20N2O7/c27-22(26-17-5-4-8-19(12-17)33-18-6-2-1-3-7-18)14-30-23(28)13-25-24(29)16-9-10-20-21(11-16)32-15-31-20/h1-12H,13-15H2,(H,25,29)(H,26,27). The summed E-state index contributed by atoms with van der Waals surface area (Å²) in [7, 11) is 0. The van der Waals surface area contributed by atoms with Crippen LogP contribution in [0, 0.1) is 0 Å². The molecule has 0 aromatic heterocycles. The molecular formula is C24H20N2O7. The Hall–Kier alpha value is -4.53. The summed E-state index contributed by atoms with van der Waals surface area (Å²) >= 11 is 0. The molecule has 0 radical (unpaired) electrons. The van der Waals surface area contributed by atoms with Crippen LogP contribution in [0.25, 0.3) is 0 Å². The zero-order valence-corrected chi connectivity index (χ0v) is 17.4. The second-order valence-electron chi connectivity index (χ2n) is 6.90. The Morgan fingerprint density at radius 1 is 0.848 bits per heavy atom. The van der Waals surface area contributed by atoms with Crippen LogP contribution in [0.4, 0.5) is 5.69 Å². The number of rotatable bonds is 8. The van der Waals surface area contributed by atoms with Gasteiger partial charge in [0.1, 0.15) is 18.0 Å². The zero-order valence-electron chi connectivity index (χ0n) is 17.4. The van der Waals surface area contributed by atoms with Gasteiger partial charge in [0.2, 0.25) is 6.79 Å². The Labute approximate surface area is 189 Å². The topological polar surface area (TPSA) is 112 Å². The first-order valence-corrected chi connectivity index (χ1v) is 10.0. The van der Waals surface area contributed by atoms with E-state index in [0.29, 0.717) is 34.2 Å². The molecule has 0 unspecified atom stereocenters. The number of hydrogen-bond acceptors (Lipinski definition) is 7. The molecule has 0 bridgehead atoms. The van der Waals surface area contributed by atoms with Gasteiger partial charge in [-0.05, 0) is 42.5 Å². The maximum atomic E-state index is 12.2. The first-order chi connectivity index (χ1) is 16.1. The van der Waals surface area contributed by atoms with Gasteiger partial charge in [0, 0.05) is 17.3 Å². The Morgan fingerprint density at radius 2 is 1.64 bits per heavy atom. The highest BCUT2D eigenvalue weighted by molar-refractivity contribution is 5.97. The summed E-state index contributed by atoms with van der Waals surface area (Å²) < 4.78 is 21.1. The minimum atomic E-state index is -0.750. The van der Waals surface area contributed by atoms with Gasteiger partial charge in [0.15, 0.2) is 18.1 Å². The number of amides is 2. The van der Waals surface area contributed by atoms with Crippen molar-refractivity contribution in [1.29, 1.82) is 0 Å². The van der Waals surface area contributed by atoms with Crippen molar-refractivity contribution in [3.05, 3.63) is 78.4 Å². The van der Waals surface area contributed by atoms with Crippen molar-refractivity contribution < 1.29 is 33.3 Å². The van der Waals surface area contributed by atoms with Gasteiger partial charge in [-0.15, -0.1) is 0 Å². The fourth-order valence-electron chi connectivity index (χ4n) is 2.95. The molecule has 0 aliphatic carbocycles. The monoisotopic (exact) mass is 448 g/mol. The molecule has 9 nitrogen and oxygen atoms in total. The lowest BCUT2D eigenvalue weighted by atomic mass is 10.2. The summed E-state index contributed by atoms with van der Waals surface area (Å²) in [6.45, 7) is -0.789. The summed E-state index contributed by atoms with van der Waals surface area (Å²) in [5, 5.41) is 5.06. The lowest BCUT2D eigenvalue weighted by Crippen LogP contribution is -2.32. The van der Waals surface area contributed by atoms with E-state index in [0.717, 1.165) is 0 Å². The number of carbonyl (C=O) groups excluding carboxylic acids is 3. The molecular weight excluding hydrogens is 428 g/mol. The molecule has 0 saturated carbocycles. The lowest BCUT2D eigenvalue weighted by Gasteiger charge is -2.10. The maximum Gasteiger partial charge on any atom is 0.325 e. The molecule has 9 heteroatoms. The SMILES string of the molecule is O=C(COC(=O)CNC(=O)c1ccc2c(c1)OCO2)Nc1cccc(Oc2ccccc2)c1. The van der Waals surface area contributed by atoms with Gasteiger partial charge >= 0.3 is 5.97 Å². The van der Waals surface area contributed by atoms with Crippen molar-refractivity contribution in [2.75, 3.05) is 25.3 Å². The van der Waals surface area contributed by atoms with E-state index in [4.69, 9.17) is 18.9 Å². The molecule has 3 aromatic rings. The average molecular weight is 448 g/mol. The van der Waals surface area contributed by atoms with Crippen LogP contribution in [0.3, 0.4) is 0 Å². The summed E-state index contributed by atoms with van der Waals surface area (Å²) in [6.07, 6.45) is 0. The summed E-state index contributed by atoms with van der Waals surface area (Å²) in [6, 6.07) is 20.7. The van der Waals surface area contributed by atoms with Crippen LogP contribution in [0.1, 0.15) is 10.4 Å². The largest absolute Gasteiger partial charge is 0.457 e. The maximum absolute atomic E-state index is 12.2. The van der Waals surface area contributed by atoms with Crippen molar-refractivity contribution in [2.45, 2.75) is 0 Å². The van der Waals surface area contributed by atoms with Crippen molar-refractivity contribution in [1.82, 2.24) is 5.32 Å². The van der Waals surface area contributed by atoms with E-state index in [-0.39, 0.29) is 13.3 Å². The fourth-order valence-corrected chi connectivity index (χ4v) is 2.95. The van der Waals surface area contributed by atoms with Crippen molar-refractivity contribution in [2.24, 2.45) is 0 Å². The van der Waals surface area contributed by atoms with E-state index >= 15 is 0 Å². The molecule has 168 valence electrons. The third kappa shape index (κ3) is 6.01. The quantitative estimate of drug-likeness (QED) is 0.509. The number of para-hydroxylation sites is 1. The van der Waals surface area contributed by atoms with Crippen molar-refractivity contribution in [3.63, 3.8) is 0 Å². The Balaban J connectivity index is 1.21. The third-order valence-electron chi connectivity index (χ3n) is 4.49. The number of nitrogens with one attached hydrogen (secondary N) is 2. The minimum absolute atomic E-state index is 0.0964. The number of anilines is 1. The van der Waals surface area contributed by atoms with Gasteiger partial charge in [-0.1, -0.05) is 24.3 Å². The molecule has 0 spiro atoms. The van der Waals surface area contributed by atoms with E-state index in [1.807, 2.05) is 30.3 Å². The molecule has 0 atom stereocenters. The van der Waals surface area contributed by atoms with Crippen LogP contribution < -0.4 is 24.8 Å². The fraction of sp³-hybridized carbons (Fsp3) is 0.125. The van der Waals surface area contributed by atoms with Gasteiger partial charge in [0.05, 0.1) is 0 Å². The van der Waals surface area contributed by atoms with Crippen molar-refractivity contribution in [3.8, 4) is 23.0 Å². The average Bonchev–Trinajstić information content (AvgIpc) is 3.30. The molecule has 4 rings (SSSR count). The molecule has 33 heavy (non-hydrogen) atoms. The molecule has 3 aromatic carbocycles. The Kier molecular flexibility index (Phi) is 6.70. The molecule has 1 aliphatic rings. The number of hydrogen-bond donors (Lipinski definition) is 2. The predicted octanol–water partition coefficient (Wildman–Crippen LogP) is 3.12. The first kappa shape index (κ1) is 21.7.